The van der Waals surface area contributed by atoms with Crippen molar-refractivity contribution in [3.8, 4) is 5.75 Å². The van der Waals surface area contributed by atoms with Gasteiger partial charge in [0.1, 0.15) is 15.6 Å². The molecular formula is C13H21N3O3S. The first-order valence-electron chi connectivity index (χ1n) is 6.55. The Morgan fingerprint density at radius 2 is 2.30 bits per heavy atom. The molecule has 0 aromatic carbocycles. The molecule has 1 amide bonds. The van der Waals surface area contributed by atoms with Crippen LogP contribution in [0, 0.1) is 0 Å². The number of ether oxygens (including phenoxy) is 1. The van der Waals surface area contributed by atoms with Crippen LogP contribution in [0.4, 0.5) is 10.7 Å². The third kappa shape index (κ3) is 2.69. The van der Waals surface area contributed by atoms with Gasteiger partial charge in [0.25, 0.3) is 5.91 Å². The molecule has 7 heteroatoms. The van der Waals surface area contributed by atoms with E-state index in [0.717, 1.165) is 24.4 Å². The molecule has 4 N–H and O–H groups in total. The maximum atomic E-state index is 11.8. The Morgan fingerprint density at radius 3 is 2.85 bits per heavy atom. The first-order valence-corrected chi connectivity index (χ1v) is 7.37. The molecule has 1 aromatic rings. The number of β-amino-alcohol motifs (C(OH)–C–C–N with tert-alkyl or cyclic N) is 1. The molecule has 0 radical (unpaired) electrons. The fourth-order valence-corrected chi connectivity index (χ4v) is 3.66. The van der Waals surface area contributed by atoms with Gasteiger partial charge in [0, 0.05) is 20.1 Å². The normalized spacial score (nSPS) is 22.7. The number of carbonyl (C=O) groups is 1. The maximum absolute atomic E-state index is 11.8. The lowest BCUT2D eigenvalue weighted by atomic mass is 9.95. The Kier molecular flexibility index (Phi) is 4.10. The number of hydrogen-bond acceptors (Lipinski definition) is 6. The van der Waals surface area contributed by atoms with Gasteiger partial charge in [-0.05, 0) is 19.8 Å². The van der Waals surface area contributed by atoms with E-state index in [4.69, 9.17) is 10.5 Å². The van der Waals surface area contributed by atoms with E-state index in [9.17, 15) is 9.90 Å². The van der Waals surface area contributed by atoms with Crippen LogP contribution in [0.5, 0.6) is 5.75 Å². The lowest BCUT2D eigenvalue weighted by molar-refractivity contribution is 0.0450. The van der Waals surface area contributed by atoms with Crippen LogP contribution in [-0.4, -0.2) is 43.9 Å². The zero-order chi connectivity index (χ0) is 14.9. The molecular weight excluding hydrogens is 278 g/mol. The largest absolute Gasteiger partial charge is 0.492 e. The van der Waals surface area contributed by atoms with Crippen LogP contribution in [-0.2, 0) is 0 Å². The average molecular weight is 299 g/mol. The maximum Gasteiger partial charge on any atom is 0.263 e. The number of nitrogens with zero attached hydrogens (tertiary/aromatic N) is 1. The van der Waals surface area contributed by atoms with Crippen molar-refractivity contribution in [1.29, 1.82) is 0 Å². The molecule has 0 bridgehead atoms. The summed E-state index contributed by atoms with van der Waals surface area (Å²) in [6, 6.07) is 0. The van der Waals surface area contributed by atoms with Crippen molar-refractivity contribution in [2.45, 2.75) is 25.4 Å². The zero-order valence-corrected chi connectivity index (χ0v) is 12.8. The van der Waals surface area contributed by atoms with Gasteiger partial charge in [0.05, 0.1) is 12.7 Å². The predicted molar refractivity (Wildman–Crippen MR) is 80.7 cm³/mol. The summed E-state index contributed by atoms with van der Waals surface area (Å²) in [5, 5.41) is 13.6. The van der Waals surface area contributed by atoms with Crippen LogP contribution in [0.25, 0.3) is 0 Å². The SMILES string of the molecule is CNC(=O)c1sc(N2CCCC(C)(O)C2)c(OC)c1N. The molecule has 2 heterocycles. The van der Waals surface area contributed by atoms with Crippen LogP contribution in [0.2, 0.25) is 0 Å². The van der Waals surface area contributed by atoms with E-state index in [2.05, 4.69) is 5.32 Å². The topological polar surface area (TPSA) is 87.8 Å². The van der Waals surface area contributed by atoms with Gasteiger partial charge in [0.15, 0.2) is 5.75 Å². The van der Waals surface area contributed by atoms with Crippen molar-refractivity contribution in [2.24, 2.45) is 0 Å². The Hall–Kier alpha value is -1.47. The number of nitrogens with two attached hydrogens (primary N) is 1. The lowest BCUT2D eigenvalue weighted by Crippen LogP contribution is -2.46. The molecule has 1 saturated heterocycles. The molecule has 1 aromatic heterocycles. The van der Waals surface area contributed by atoms with Crippen molar-refractivity contribution in [1.82, 2.24) is 5.32 Å². The second kappa shape index (κ2) is 5.49. The number of piperidine rings is 1. The number of methoxy groups -OCH3 is 1. The number of amides is 1. The molecule has 0 aliphatic carbocycles. The van der Waals surface area contributed by atoms with E-state index in [1.807, 2.05) is 11.8 Å². The lowest BCUT2D eigenvalue weighted by Gasteiger charge is -2.37. The summed E-state index contributed by atoms with van der Waals surface area (Å²) in [6.07, 6.45) is 1.66. The minimum absolute atomic E-state index is 0.221. The summed E-state index contributed by atoms with van der Waals surface area (Å²) >= 11 is 1.30. The molecule has 2 rings (SSSR count). The smallest absolute Gasteiger partial charge is 0.263 e. The van der Waals surface area contributed by atoms with E-state index in [1.165, 1.54) is 18.4 Å². The van der Waals surface area contributed by atoms with Crippen molar-refractivity contribution < 1.29 is 14.6 Å². The van der Waals surface area contributed by atoms with E-state index < -0.39 is 5.60 Å². The van der Waals surface area contributed by atoms with Crippen LogP contribution in [0.3, 0.4) is 0 Å². The minimum Gasteiger partial charge on any atom is -0.492 e. The number of nitrogen functional groups attached to an aromatic ring is 1. The fraction of sp³-hybridized carbons (Fsp3) is 0.615. The third-order valence-corrected chi connectivity index (χ3v) is 4.73. The van der Waals surface area contributed by atoms with Crippen molar-refractivity contribution >= 4 is 27.9 Å². The summed E-state index contributed by atoms with van der Waals surface area (Å²) in [7, 11) is 3.11. The predicted octanol–water partition coefficient (Wildman–Crippen LogP) is 1.05. The van der Waals surface area contributed by atoms with Gasteiger partial charge >= 0.3 is 0 Å². The average Bonchev–Trinajstić information content (AvgIpc) is 2.73. The highest BCUT2D eigenvalue weighted by atomic mass is 32.1. The third-order valence-electron chi connectivity index (χ3n) is 3.48. The molecule has 1 unspecified atom stereocenters. The highest BCUT2D eigenvalue weighted by molar-refractivity contribution is 7.19. The zero-order valence-electron chi connectivity index (χ0n) is 12.0. The number of anilines is 2. The first kappa shape index (κ1) is 14.9. The summed E-state index contributed by atoms with van der Waals surface area (Å²) in [6.45, 7) is 3.15. The van der Waals surface area contributed by atoms with Crippen LogP contribution in [0.15, 0.2) is 0 Å². The Labute approximate surface area is 122 Å². The summed E-state index contributed by atoms with van der Waals surface area (Å²) < 4.78 is 5.35. The molecule has 6 nitrogen and oxygen atoms in total. The highest BCUT2D eigenvalue weighted by Crippen LogP contribution is 2.46. The molecule has 112 valence electrons. The molecule has 20 heavy (non-hydrogen) atoms. The van der Waals surface area contributed by atoms with Gasteiger partial charge in [-0.1, -0.05) is 0 Å². The second-order valence-corrected chi connectivity index (χ2v) is 6.28. The van der Waals surface area contributed by atoms with E-state index in [-0.39, 0.29) is 5.91 Å². The van der Waals surface area contributed by atoms with E-state index in [0.29, 0.717) is 22.9 Å². The van der Waals surface area contributed by atoms with Crippen LogP contribution in [0.1, 0.15) is 29.4 Å². The van der Waals surface area contributed by atoms with Gasteiger partial charge in [-0.25, -0.2) is 0 Å². The highest BCUT2D eigenvalue weighted by Gasteiger charge is 2.32. The first-order chi connectivity index (χ1) is 9.39. The molecule has 1 aliphatic rings. The molecule has 1 aliphatic heterocycles. The minimum atomic E-state index is -0.727. The van der Waals surface area contributed by atoms with E-state index in [1.54, 1.807) is 7.05 Å². The Bertz CT molecular complexity index is 513. The number of thiophene rings is 1. The quantitative estimate of drug-likeness (QED) is 0.776. The molecule has 1 atom stereocenters. The summed E-state index contributed by atoms with van der Waals surface area (Å²) in [5.41, 5.74) is 5.63. The summed E-state index contributed by atoms with van der Waals surface area (Å²) in [4.78, 5) is 14.3. The van der Waals surface area contributed by atoms with Crippen molar-refractivity contribution in [3.05, 3.63) is 4.88 Å². The van der Waals surface area contributed by atoms with Gasteiger partial charge in [0.2, 0.25) is 0 Å². The standard InChI is InChI=1S/C13H21N3O3S/c1-13(18)5-4-6-16(7-13)12-9(19-3)8(14)10(20-12)11(17)15-2/h18H,4-7,14H2,1-3H3,(H,15,17). The number of carbonyl (C=O) groups excluding carboxylic acids is 1. The van der Waals surface area contributed by atoms with Gasteiger partial charge < -0.3 is 25.8 Å². The number of hydrogen-bond donors (Lipinski definition) is 3. The summed E-state index contributed by atoms with van der Waals surface area (Å²) in [5.74, 6) is 0.298. The van der Waals surface area contributed by atoms with Gasteiger partial charge in [-0.15, -0.1) is 11.3 Å². The Balaban J connectivity index is 2.38. The molecule has 0 spiro atoms. The molecule has 1 fully saturated rings. The number of aliphatic hydroxyl groups is 1. The van der Waals surface area contributed by atoms with Crippen LogP contribution < -0.4 is 20.7 Å². The van der Waals surface area contributed by atoms with Gasteiger partial charge in [-0.2, -0.15) is 0 Å². The van der Waals surface area contributed by atoms with Crippen LogP contribution >= 0.6 is 11.3 Å². The van der Waals surface area contributed by atoms with Crippen molar-refractivity contribution in [2.75, 3.05) is 37.9 Å². The van der Waals surface area contributed by atoms with Crippen molar-refractivity contribution in [3.63, 3.8) is 0 Å². The fourth-order valence-electron chi connectivity index (χ4n) is 2.50. The van der Waals surface area contributed by atoms with Gasteiger partial charge in [-0.3, -0.25) is 4.79 Å². The molecule has 0 saturated carbocycles. The number of rotatable bonds is 3. The number of nitrogens with one attached hydrogen (secondary N) is 1. The monoisotopic (exact) mass is 299 g/mol. The Morgan fingerprint density at radius 1 is 1.60 bits per heavy atom. The van der Waals surface area contributed by atoms with E-state index >= 15 is 0 Å². The second-order valence-electron chi connectivity index (χ2n) is 5.28.